The van der Waals surface area contributed by atoms with Crippen molar-refractivity contribution in [1.82, 2.24) is 9.97 Å². The van der Waals surface area contributed by atoms with Crippen molar-refractivity contribution in [3.8, 4) is 11.4 Å². The summed E-state index contributed by atoms with van der Waals surface area (Å²) in [6.07, 6.45) is 2.30. The molecule has 0 aliphatic heterocycles. The molecular formula is C18H19ClIN3. The van der Waals surface area contributed by atoms with Crippen LogP contribution in [0, 0.1) is 3.57 Å². The third kappa shape index (κ3) is 4.32. The van der Waals surface area contributed by atoms with E-state index in [1.54, 1.807) is 0 Å². The van der Waals surface area contributed by atoms with E-state index in [1.165, 1.54) is 9.99 Å². The molecule has 0 aliphatic carbocycles. The second kappa shape index (κ2) is 8.45. The van der Waals surface area contributed by atoms with Crippen molar-refractivity contribution in [2.45, 2.75) is 19.8 Å². The van der Waals surface area contributed by atoms with Crippen LogP contribution in [0.4, 0.5) is 5.82 Å². The molecule has 3 rings (SSSR count). The Bertz CT molecular complexity index is 775. The summed E-state index contributed by atoms with van der Waals surface area (Å²) in [5.41, 5.74) is 2.02. The van der Waals surface area contributed by atoms with Gasteiger partial charge in [-0.15, -0.1) is 12.4 Å². The Kier molecular flexibility index (Phi) is 6.59. The molecule has 3 aromatic rings. The third-order valence-corrected chi connectivity index (χ3v) is 4.25. The van der Waals surface area contributed by atoms with Crippen LogP contribution < -0.4 is 5.32 Å². The van der Waals surface area contributed by atoms with E-state index in [9.17, 15) is 0 Å². The first-order valence-electron chi connectivity index (χ1n) is 7.54. The first-order chi connectivity index (χ1) is 10.8. The van der Waals surface area contributed by atoms with Crippen LogP contribution in [0.15, 0.2) is 48.5 Å². The van der Waals surface area contributed by atoms with E-state index in [2.05, 4.69) is 65.2 Å². The molecule has 1 N–H and O–H groups in total. The summed E-state index contributed by atoms with van der Waals surface area (Å²) in [6, 6.07) is 16.5. The highest BCUT2D eigenvalue weighted by Crippen LogP contribution is 2.25. The Morgan fingerprint density at radius 3 is 2.48 bits per heavy atom. The van der Waals surface area contributed by atoms with E-state index in [0.29, 0.717) is 0 Å². The Balaban J connectivity index is 0.00000192. The van der Waals surface area contributed by atoms with E-state index >= 15 is 0 Å². The minimum atomic E-state index is 0. The van der Waals surface area contributed by atoms with Crippen molar-refractivity contribution in [2.75, 3.05) is 11.9 Å². The molecule has 1 aromatic heterocycles. The van der Waals surface area contributed by atoms with Crippen molar-refractivity contribution in [3.05, 3.63) is 52.1 Å². The molecule has 5 heteroatoms. The lowest BCUT2D eigenvalue weighted by molar-refractivity contribution is 0.832. The van der Waals surface area contributed by atoms with Crippen LogP contribution >= 0.6 is 35.0 Å². The number of anilines is 1. The molecular weight excluding hydrogens is 421 g/mol. The van der Waals surface area contributed by atoms with Gasteiger partial charge in [0.1, 0.15) is 5.82 Å². The lowest BCUT2D eigenvalue weighted by atomic mass is 10.2. The number of para-hydroxylation sites is 1. The minimum absolute atomic E-state index is 0. The number of nitrogens with zero attached hydrogens (tertiary/aromatic N) is 2. The zero-order valence-corrected chi connectivity index (χ0v) is 15.9. The fourth-order valence-corrected chi connectivity index (χ4v) is 2.68. The van der Waals surface area contributed by atoms with Crippen LogP contribution in [-0.2, 0) is 0 Å². The molecule has 0 saturated heterocycles. The molecule has 23 heavy (non-hydrogen) atoms. The number of hydrogen-bond donors (Lipinski definition) is 1. The van der Waals surface area contributed by atoms with E-state index in [-0.39, 0.29) is 12.4 Å². The Hall–Kier alpha value is -1.40. The average molecular weight is 440 g/mol. The number of aromatic nitrogens is 2. The van der Waals surface area contributed by atoms with Crippen LogP contribution in [0.3, 0.4) is 0 Å². The van der Waals surface area contributed by atoms with Crippen LogP contribution in [0.2, 0.25) is 0 Å². The monoisotopic (exact) mass is 439 g/mol. The average Bonchev–Trinajstić information content (AvgIpc) is 2.55. The molecule has 0 aliphatic rings. The number of fused-ring (bicyclic) bond motifs is 1. The van der Waals surface area contributed by atoms with Crippen molar-refractivity contribution in [3.63, 3.8) is 0 Å². The second-order valence-electron chi connectivity index (χ2n) is 5.20. The van der Waals surface area contributed by atoms with Crippen molar-refractivity contribution >= 4 is 51.7 Å². The maximum absolute atomic E-state index is 4.75. The van der Waals surface area contributed by atoms with Gasteiger partial charge in [0.2, 0.25) is 0 Å². The Morgan fingerprint density at radius 2 is 1.74 bits per heavy atom. The van der Waals surface area contributed by atoms with Crippen molar-refractivity contribution in [2.24, 2.45) is 0 Å². The standard InChI is InChI=1S/C18H18IN3.ClH/c1-2-3-12-20-18-15-6-4-5-7-16(15)21-17(22-18)13-8-10-14(19)11-9-13;/h4-11H,2-3,12H2,1H3,(H,20,21,22);1H. The van der Waals surface area contributed by atoms with Gasteiger partial charge >= 0.3 is 0 Å². The fourth-order valence-electron chi connectivity index (χ4n) is 2.32. The van der Waals surface area contributed by atoms with Gasteiger partial charge < -0.3 is 5.32 Å². The maximum atomic E-state index is 4.75. The number of halogens is 2. The maximum Gasteiger partial charge on any atom is 0.162 e. The smallest absolute Gasteiger partial charge is 0.162 e. The lowest BCUT2D eigenvalue weighted by Crippen LogP contribution is -2.05. The topological polar surface area (TPSA) is 37.8 Å². The van der Waals surface area contributed by atoms with Crippen LogP contribution in [0.25, 0.3) is 22.3 Å². The SMILES string of the molecule is CCCCNc1nc(-c2ccc(I)cc2)nc2ccccc12.Cl. The number of benzene rings is 2. The molecule has 2 aromatic carbocycles. The molecule has 0 amide bonds. The molecule has 120 valence electrons. The third-order valence-electron chi connectivity index (χ3n) is 3.53. The summed E-state index contributed by atoms with van der Waals surface area (Å²) in [5, 5.41) is 4.53. The number of nitrogens with one attached hydrogen (secondary N) is 1. The van der Waals surface area contributed by atoms with E-state index < -0.39 is 0 Å². The summed E-state index contributed by atoms with van der Waals surface area (Å²) in [4.78, 5) is 9.46. The van der Waals surface area contributed by atoms with Crippen molar-refractivity contribution < 1.29 is 0 Å². The fraction of sp³-hybridized carbons (Fsp3) is 0.222. The summed E-state index contributed by atoms with van der Waals surface area (Å²) in [7, 11) is 0. The first kappa shape index (κ1) is 17.9. The molecule has 0 radical (unpaired) electrons. The van der Waals surface area contributed by atoms with Gasteiger partial charge in [0.15, 0.2) is 5.82 Å². The lowest BCUT2D eigenvalue weighted by Gasteiger charge is -2.10. The van der Waals surface area contributed by atoms with Crippen LogP contribution in [0.1, 0.15) is 19.8 Å². The summed E-state index contributed by atoms with van der Waals surface area (Å²) in [6.45, 7) is 3.13. The van der Waals surface area contributed by atoms with Gasteiger partial charge in [0.25, 0.3) is 0 Å². The van der Waals surface area contributed by atoms with Gasteiger partial charge in [-0.05, 0) is 53.3 Å². The molecule has 0 atom stereocenters. The summed E-state index contributed by atoms with van der Waals surface area (Å²) < 4.78 is 1.21. The zero-order valence-electron chi connectivity index (χ0n) is 12.9. The molecule has 3 nitrogen and oxygen atoms in total. The number of unbranched alkanes of at least 4 members (excludes halogenated alkanes) is 1. The highest BCUT2D eigenvalue weighted by atomic mass is 127. The predicted molar refractivity (Wildman–Crippen MR) is 108 cm³/mol. The normalized spacial score (nSPS) is 10.3. The van der Waals surface area contributed by atoms with Gasteiger partial charge in [-0.25, -0.2) is 9.97 Å². The predicted octanol–water partition coefficient (Wildman–Crippen LogP) is 5.54. The Morgan fingerprint density at radius 1 is 1.00 bits per heavy atom. The number of rotatable bonds is 5. The van der Waals surface area contributed by atoms with E-state index in [4.69, 9.17) is 9.97 Å². The highest BCUT2D eigenvalue weighted by molar-refractivity contribution is 14.1. The molecule has 0 bridgehead atoms. The summed E-state index contributed by atoms with van der Waals surface area (Å²) >= 11 is 2.31. The van der Waals surface area contributed by atoms with Crippen molar-refractivity contribution in [1.29, 1.82) is 0 Å². The quantitative estimate of drug-likeness (QED) is 0.419. The highest BCUT2D eigenvalue weighted by Gasteiger charge is 2.08. The largest absolute Gasteiger partial charge is 0.369 e. The minimum Gasteiger partial charge on any atom is -0.369 e. The first-order valence-corrected chi connectivity index (χ1v) is 8.62. The molecule has 0 saturated carbocycles. The van der Waals surface area contributed by atoms with Gasteiger partial charge in [0.05, 0.1) is 5.52 Å². The van der Waals surface area contributed by atoms with Gasteiger partial charge in [0, 0.05) is 21.1 Å². The van der Waals surface area contributed by atoms with E-state index in [0.717, 1.165) is 41.1 Å². The Labute approximate surface area is 156 Å². The number of hydrogen-bond acceptors (Lipinski definition) is 3. The molecule has 0 fully saturated rings. The molecule has 0 spiro atoms. The van der Waals surface area contributed by atoms with E-state index in [1.807, 2.05) is 18.2 Å². The van der Waals surface area contributed by atoms with Gasteiger partial charge in [-0.2, -0.15) is 0 Å². The molecule has 1 heterocycles. The van der Waals surface area contributed by atoms with Gasteiger partial charge in [-0.3, -0.25) is 0 Å². The molecule has 0 unspecified atom stereocenters. The zero-order chi connectivity index (χ0) is 15.4. The van der Waals surface area contributed by atoms with Crippen LogP contribution in [0.5, 0.6) is 0 Å². The second-order valence-corrected chi connectivity index (χ2v) is 6.45. The van der Waals surface area contributed by atoms with Gasteiger partial charge in [-0.1, -0.05) is 37.6 Å². The summed E-state index contributed by atoms with van der Waals surface area (Å²) in [5.74, 6) is 1.70. The van der Waals surface area contributed by atoms with Crippen LogP contribution in [-0.4, -0.2) is 16.5 Å².